The number of rotatable bonds is 7. The van der Waals surface area contributed by atoms with Crippen LogP contribution in [0.2, 0.25) is 5.02 Å². The number of likely N-dealkylation sites (N-methyl/N-ethyl adjacent to an activating group) is 1. The Morgan fingerprint density at radius 3 is 2.48 bits per heavy atom. The highest BCUT2D eigenvalue weighted by Crippen LogP contribution is 2.17. The van der Waals surface area contributed by atoms with Crippen LogP contribution in [0.5, 0.6) is 5.88 Å². The summed E-state index contributed by atoms with van der Waals surface area (Å²) in [6.07, 6.45) is 1.30. The number of aliphatic imine (C=N–C) groups is 1. The zero-order chi connectivity index (χ0) is 18.4. The van der Waals surface area contributed by atoms with Crippen LogP contribution in [0.3, 0.4) is 0 Å². The Labute approximate surface area is 150 Å². The normalized spacial score (nSPS) is 11.5. The van der Waals surface area contributed by atoms with E-state index in [0.29, 0.717) is 17.3 Å². The Hall–Kier alpha value is -2.38. The summed E-state index contributed by atoms with van der Waals surface area (Å²) < 4.78 is 1.00. The molecule has 0 aliphatic rings. The second-order valence-electron chi connectivity index (χ2n) is 5.37. The molecule has 0 spiro atoms. The summed E-state index contributed by atoms with van der Waals surface area (Å²) in [6.45, 7) is 7.19. The van der Waals surface area contributed by atoms with E-state index < -0.39 is 17.1 Å². The van der Waals surface area contributed by atoms with Gasteiger partial charge in [0, 0.05) is 17.8 Å². The molecule has 0 unspecified atom stereocenters. The average Bonchev–Trinajstić information content (AvgIpc) is 2.59. The van der Waals surface area contributed by atoms with Gasteiger partial charge in [-0.2, -0.15) is 0 Å². The number of nitrogens with one attached hydrogen (secondary N) is 1. The zero-order valence-corrected chi connectivity index (χ0v) is 15.0. The number of benzene rings is 1. The van der Waals surface area contributed by atoms with Gasteiger partial charge in [-0.25, -0.2) is 9.36 Å². The Morgan fingerprint density at radius 1 is 1.24 bits per heavy atom. The van der Waals surface area contributed by atoms with Gasteiger partial charge in [0.15, 0.2) is 0 Å². The third-order valence-electron chi connectivity index (χ3n) is 3.87. The standard InChI is InChI=1S/C17H21ClN4O3/c1-3-21(4-2)10-9-19-11-14-15(23)20-17(25)22(16(14)24)13-7-5-12(18)6-8-13/h5-8,11,24H,3-4,9-10H2,1-2H3,(H,20,23,25). The topological polar surface area (TPSA) is 90.7 Å². The van der Waals surface area contributed by atoms with E-state index in [2.05, 4.69) is 28.7 Å². The maximum absolute atomic E-state index is 12.1. The van der Waals surface area contributed by atoms with Crippen LogP contribution >= 0.6 is 11.6 Å². The number of aromatic nitrogens is 2. The van der Waals surface area contributed by atoms with Crippen molar-refractivity contribution in [3.63, 3.8) is 0 Å². The Bertz CT molecular complexity index is 852. The SMILES string of the molecule is CCN(CC)CCN=Cc1c(O)n(-c2ccc(Cl)cc2)c(=O)[nH]c1=O. The van der Waals surface area contributed by atoms with Crippen molar-refractivity contribution in [3.05, 3.63) is 55.7 Å². The van der Waals surface area contributed by atoms with Gasteiger partial charge in [-0.05, 0) is 37.4 Å². The molecule has 2 N–H and O–H groups in total. The fourth-order valence-electron chi connectivity index (χ4n) is 2.38. The minimum absolute atomic E-state index is 0.0610. The van der Waals surface area contributed by atoms with Crippen LogP contribution in [-0.2, 0) is 0 Å². The van der Waals surface area contributed by atoms with E-state index in [4.69, 9.17) is 11.6 Å². The monoisotopic (exact) mass is 364 g/mol. The van der Waals surface area contributed by atoms with Crippen LogP contribution in [-0.4, -0.2) is 52.0 Å². The van der Waals surface area contributed by atoms with Crippen molar-refractivity contribution in [3.8, 4) is 11.6 Å². The predicted octanol–water partition coefficient (Wildman–Crippen LogP) is 1.65. The molecule has 2 rings (SSSR count). The molecule has 0 bridgehead atoms. The molecule has 0 atom stereocenters. The van der Waals surface area contributed by atoms with Crippen LogP contribution < -0.4 is 11.2 Å². The summed E-state index contributed by atoms with van der Waals surface area (Å²) in [5, 5.41) is 10.9. The van der Waals surface area contributed by atoms with Gasteiger partial charge in [0.05, 0.1) is 12.2 Å². The van der Waals surface area contributed by atoms with E-state index >= 15 is 0 Å². The highest BCUT2D eigenvalue weighted by atomic mass is 35.5. The molecule has 25 heavy (non-hydrogen) atoms. The van der Waals surface area contributed by atoms with Crippen LogP contribution in [0.25, 0.3) is 5.69 Å². The molecule has 0 amide bonds. The van der Waals surface area contributed by atoms with Crippen LogP contribution in [0.15, 0.2) is 38.8 Å². The van der Waals surface area contributed by atoms with E-state index in [1.807, 2.05) is 0 Å². The maximum Gasteiger partial charge on any atom is 0.335 e. The molecule has 0 saturated heterocycles. The molecule has 1 aromatic heterocycles. The van der Waals surface area contributed by atoms with E-state index in [-0.39, 0.29) is 5.56 Å². The van der Waals surface area contributed by atoms with Gasteiger partial charge in [0.2, 0.25) is 5.88 Å². The first-order valence-corrected chi connectivity index (χ1v) is 8.42. The lowest BCUT2D eigenvalue weighted by molar-refractivity contribution is 0.313. The smallest absolute Gasteiger partial charge is 0.335 e. The van der Waals surface area contributed by atoms with Gasteiger partial charge in [-0.1, -0.05) is 25.4 Å². The van der Waals surface area contributed by atoms with Crippen molar-refractivity contribution >= 4 is 17.8 Å². The first kappa shape index (κ1) is 19.0. The molecule has 2 aromatic rings. The van der Waals surface area contributed by atoms with Crippen molar-refractivity contribution in [2.45, 2.75) is 13.8 Å². The third-order valence-corrected chi connectivity index (χ3v) is 4.12. The molecule has 0 saturated carbocycles. The summed E-state index contributed by atoms with van der Waals surface area (Å²) in [6, 6.07) is 6.32. The maximum atomic E-state index is 12.1. The highest BCUT2D eigenvalue weighted by Gasteiger charge is 2.14. The quantitative estimate of drug-likeness (QED) is 0.731. The second kappa shape index (κ2) is 8.64. The molecule has 0 aliphatic carbocycles. The van der Waals surface area contributed by atoms with E-state index in [1.54, 1.807) is 24.3 Å². The molecule has 0 radical (unpaired) electrons. The largest absolute Gasteiger partial charge is 0.493 e. The van der Waals surface area contributed by atoms with Gasteiger partial charge < -0.3 is 10.0 Å². The Balaban J connectivity index is 2.33. The minimum atomic E-state index is -0.731. The number of H-pyrrole nitrogens is 1. The van der Waals surface area contributed by atoms with Gasteiger partial charge in [-0.3, -0.25) is 14.8 Å². The summed E-state index contributed by atoms with van der Waals surface area (Å²) in [4.78, 5) is 32.6. The van der Waals surface area contributed by atoms with Crippen LogP contribution in [0, 0.1) is 0 Å². The molecule has 1 aromatic carbocycles. The molecule has 1 heterocycles. The Kier molecular flexibility index (Phi) is 6.55. The van der Waals surface area contributed by atoms with Crippen molar-refractivity contribution < 1.29 is 5.11 Å². The van der Waals surface area contributed by atoms with Gasteiger partial charge in [0.1, 0.15) is 5.56 Å². The summed E-state index contributed by atoms with van der Waals surface area (Å²) in [7, 11) is 0. The van der Waals surface area contributed by atoms with E-state index in [0.717, 1.165) is 24.2 Å². The van der Waals surface area contributed by atoms with Crippen molar-refractivity contribution in [1.29, 1.82) is 0 Å². The van der Waals surface area contributed by atoms with Crippen molar-refractivity contribution in [2.24, 2.45) is 4.99 Å². The van der Waals surface area contributed by atoms with E-state index in [1.165, 1.54) is 6.21 Å². The molecule has 134 valence electrons. The first-order valence-electron chi connectivity index (χ1n) is 8.04. The lowest BCUT2D eigenvalue weighted by Crippen LogP contribution is -2.31. The fourth-order valence-corrected chi connectivity index (χ4v) is 2.51. The molecule has 7 nitrogen and oxygen atoms in total. The predicted molar refractivity (Wildman–Crippen MR) is 99.6 cm³/mol. The zero-order valence-electron chi connectivity index (χ0n) is 14.2. The Morgan fingerprint density at radius 2 is 1.88 bits per heavy atom. The number of hydrogen-bond donors (Lipinski definition) is 2. The summed E-state index contributed by atoms with van der Waals surface area (Å²) in [5.74, 6) is -0.456. The molecule has 0 aliphatic heterocycles. The number of aromatic hydroxyl groups is 1. The molecule has 0 fully saturated rings. The lowest BCUT2D eigenvalue weighted by Gasteiger charge is -2.15. The summed E-state index contributed by atoms with van der Waals surface area (Å²) >= 11 is 5.84. The molecule has 8 heteroatoms. The number of halogens is 1. The van der Waals surface area contributed by atoms with Crippen molar-refractivity contribution in [2.75, 3.05) is 26.2 Å². The second-order valence-corrected chi connectivity index (χ2v) is 5.81. The number of hydrogen-bond acceptors (Lipinski definition) is 5. The highest BCUT2D eigenvalue weighted by molar-refractivity contribution is 6.30. The number of nitrogens with zero attached hydrogens (tertiary/aromatic N) is 3. The van der Waals surface area contributed by atoms with Gasteiger partial charge >= 0.3 is 5.69 Å². The lowest BCUT2D eigenvalue weighted by atomic mass is 10.3. The van der Waals surface area contributed by atoms with Crippen LogP contribution in [0.4, 0.5) is 0 Å². The third kappa shape index (κ3) is 4.58. The summed E-state index contributed by atoms with van der Waals surface area (Å²) in [5.41, 5.74) is -1.08. The first-order chi connectivity index (χ1) is 12.0. The van der Waals surface area contributed by atoms with Gasteiger partial charge in [0.25, 0.3) is 5.56 Å². The minimum Gasteiger partial charge on any atom is -0.493 e. The van der Waals surface area contributed by atoms with Crippen molar-refractivity contribution in [1.82, 2.24) is 14.5 Å². The molecular formula is C17H21ClN4O3. The van der Waals surface area contributed by atoms with Gasteiger partial charge in [-0.15, -0.1) is 0 Å². The average molecular weight is 365 g/mol. The number of aromatic amines is 1. The molecular weight excluding hydrogens is 344 g/mol. The van der Waals surface area contributed by atoms with E-state index in [9.17, 15) is 14.7 Å². The van der Waals surface area contributed by atoms with Crippen LogP contribution in [0.1, 0.15) is 19.4 Å². The fraction of sp³-hybridized carbons (Fsp3) is 0.353.